The second-order valence-electron chi connectivity index (χ2n) is 6.08. The minimum atomic E-state index is -0.213. The molecule has 1 fully saturated rings. The number of methoxy groups -OCH3 is 1. The first-order valence-electron chi connectivity index (χ1n) is 8.33. The summed E-state index contributed by atoms with van der Waals surface area (Å²) in [6, 6.07) is 14.9. The quantitative estimate of drug-likeness (QED) is 0.781. The van der Waals surface area contributed by atoms with Crippen LogP contribution < -0.4 is 20.7 Å². The van der Waals surface area contributed by atoms with E-state index >= 15 is 0 Å². The van der Waals surface area contributed by atoms with Crippen LogP contribution in [0.15, 0.2) is 48.5 Å². The number of piperidine rings is 1. The average Bonchev–Trinajstić information content (AvgIpc) is 2.64. The lowest BCUT2D eigenvalue weighted by Crippen LogP contribution is -2.51. The van der Waals surface area contributed by atoms with Gasteiger partial charge < -0.3 is 20.7 Å². The molecule has 1 heterocycles. The third-order valence-electron chi connectivity index (χ3n) is 4.44. The average molecular weight is 360 g/mol. The predicted octanol–water partition coefficient (Wildman–Crippen LogP) is 3.62. The van der Waals surface area contributed by atoms with E-state index < -0.39 is 0 Å². The Balaban J connectivity index is 1.65. The Hall–Kier alpha value is -2.24. The molecule has 0 spiro atoms. The molecule has 6 heteroatoms. The van der Waals surface area contributed by atoms with Crippen LogP contribution in [0.4, 0.5) is 10.5 Å². The van der Waals surface area contributed by atoms with E-state index in [4.69, 9.17) is 16.3 Å². The highest BCUT2D eigenvalue weighted by Gasteiger charge is 2.27. The molecule has 1 aliphatic rings. The Morgan fingerprint density at radius 3 is 2.56 bits per heavy atom. The second-order valence-corrected chi connectivity index (χ2v) is 6.52. The van der Waals surface area contributed by atoms with Crippen molar-refractivity contribution >= 4 is 23.3 Å². The molecule has 0 saturated carbocycles. The maximum Gasteiger partial charge on any atom is 0.319 e. The second kappa shape index (κ2) is 8.23. The van der Waals surface area contributed by atoms with Crippen molar-refractivity contribution in [2.75, 3.05) is 25.5 Å². The Morgan fingerprint density at radius 1 is 1.16 bits per heavy atom. The minimum Gasteiger partial charge on any atom is -0.497 e. The van der Waals surface area contributed by atoms with Gasteiger partial charge in [-0.05, 0) is 54.9 Å². The zero-order chi connectivity index (χ0) is 17.6. The van der Waals surface area contributed by atoms with Crippen LogP contribution in [0.3, 0.4) is 0 Å². The van der Waals surface area contributed by atoms with Crippen LogP contribution in [-0.4, -0.2) is 32.3 Å². The van der Waals surface area contributed by atoms with E-state index in [1.54, 1.807) is 31.4 Å². The molecule has 0 aromatic heterocycles. The van der Waals surface area contributed by atoms with E-state index in [2.05, 4.69) is 28.1 Å². The number of anilines is 1. The summed E-state index contributed by atoms with van der Waals surface area (Å²) in [5, 5.41) is 9.92. The highest BCUT2D eigenvalue weighted by Crippen LogP contribution is 2.27. The topological polar surface area (TPSA) is 62.4 Å². The predicted molar refractivity (Wildman–Crippen MR) is 101 cm³/mol. The third kappa shape index (κ3) is 4.65. The van der Waals surface area contributed by atoms with Crippen molar-refractivity contribution in [1.29, 1.82) is 0 Å². The van der Waals surface area contributed by atoms with Gasteiger partial charge in [-0.2, -0.15) is 0 Å². The molecule has 0 unspecified atom stereocenters. The van der Waals surface area contributed by atoms with Gasteiger partial charge in [0.05, 0.1) is 7.11 Å². The largest absolute Gasteiger partial charge is 0.497 e. The first-order chi connectivity index (χ1) is 12.2. The first kappa shape index (κ1) is 17.6. The summed E-state index contributed by atoms with van der Waals surface area (Å²) in [6.07, 6.45) is 0.970. The molecule has 0 bridgehead atoms. The van der Waals surface area contributed by atoms with E-state index in [9.17, 15) is 4.79 Å². The van der Waals surface area contributed by atoms with Crippen LogP contribution in [0.1, 0.15) is 17.9 Å². The van der Waals surface area contributed by atoms with Gasteiger partial charge in [-0.25, -0.2) is 4.79 Å². The van der Waals surface area contributed by atoms with Crippen molar-refractivity contribution in [3.63, 3.8) is 0 Å². The SMILES string of the molecule is COc1ccc([C@H]2CCNC[C@@H]2NC(=O)Nc2ccc(Cl)cc2)cc1. The van der Waals surface area contributed by atoms with E-state index in [-0.39, 0.29) is 18.0 Å². The Bertz CT molecular complexity index is 704. The number of amides is 2. The summed E-state index contributed by atoms with van der Waals surface area (Å²) in [7, 11) is 1.66. The highest BCUT2D eigenvalue weighted by molar-refractivity contribution is 6.30. The number of benzene rings is 2. The molecule has 2 aromatic carbocycles. The van der Waals surface area contributed by atoms with Crippen molar-refractivity contribution in [1.82, 2.24) is 10.6 Å². The van der Waals surface area contributed by atoms with Gasteiger partial charge in [-0.15, -0.1) is 0 Å². The zero-order valence-corrected chi connectivity index (χ0v) is 14.8. The van der Waals surface area contributed by atoms with Crippen molar-refractivity contribution in [2.45, 2.75) is 18.4 Å². The number of carbonyl (C=O) groups is 1. The van der Waals surface area contributed by atoms with Crippen LogP contribution in [0.25, 0.3) is 0 Å². The summed E-state index contributed by atoms with van der Waals surface area (Å²) in [5.74, 6) is 1.10. The first-order valence-corrected chi connectivity index (χ1v) is 8.71. The van der Waals surface area contributed by atoms with Gasteiger partial charge in [-0.3, -0.25) is 0 Å². The summed E-state index contributed by atoms with van der Waals surface area (Å²) < 4.78 is 5.22. The lowest BCUT2D eigenvalue weighted by atomic mass is 9.86. The molecule has 1 saturated heterocycles. The van der Waals surface area contributed by atoms with Gasteiger partial charge in [0.1, 0.15) is 5.75 Å². The van der Waals surface area contributed by atoms with E-state index in [0.717, 1.165) is 25.3 Å². The van der Waals surface area contributed by atoms with Gasteiger partial charge in [0, 0.05) is 29.2 Å². The number of nitrogens with one attached hydrogen (secondary N) is 3. The van der Waals surface area contributed by atoms with Gasteiger partial charge >= 0.3 is 6.03 Å². The normalized spacial score (nSPS) is 19.9. The fraction of sp³-hybridized carbons (Fsp3) is 0.316. The van der Waals surface area contributed by atoms with E-state index in [1.165, 1.54) is 5.56 Å². The summed E-state index contributed by atoms with van der Waals surface area (Å²) in [5.41, 5.74) is 1.92. The maximum absolute atomic E-state index is 12.3. The molecule has 3 N–H and O–H groups in total. The number of carbonyl (C=O) groups excluding carboxylic acids is 1. The monoisotopic (exact) mass is 359 g/mol. The van der Waals surface area contributed by atoms with Crippen molar-refractivity contribution < 1.29 is 9.53 Å². The van der Waals surface area contributed by atoms with Gasteiger partial charge in [0.25, 0.3) is 0 Å². The van der Waals surface area contributed by atoms with Gasteiger partial charge in [0.15, 0.2) is 0 Å². The molecule has 1 aliphatic heterocycles. The number of hydrogen-bond acceptors (Lipinski definition) is 3. The fourth-order valence-electron chi connectivity index (χ4n) is 3.13. The van der Waals surface area contributed by atoms with Crippen LogP contribution >= 0.6 is 11.6 Å². The van der Waals surface area contributed by atoms with Crippen LogP contribution in [0.2, 0.25) is 5.02 Å². The molecule has 5 nitrogen and oxygen atoms in total. The number of urea groups is 1. The van der Waals surface area contributed by atoms with Crippen molar-refractivity contribution in [3.8, 4) is 5.75 Å². The van der Waals surface area contributed by atoms with Crippen molar-refractivity contribution in [3.05, 3.63) is 59.1 Å². The molecule has 0 aliphatic carbocycles. The van der Waals surface area contributed by atoms with Crippen LogP contribution in [-0.2, 0) is 0 Å². The van der Waals surface area contributed by atoms with Gasteiger partial charge in [0.2, 0.25) is 0 Å². The smallest absolute Gasteiger partial charge is 0.319 e. The Morgan fingerprint density at radius 2 is 1.88 bits per heavy atom. The highest BCUT2D eigenvalue weighted by atomic mass is 35.5. The number of rotatable bonds is 4. The van der Waals surface area contributed by atoms with Crippen molar-refractivity contribution in [2.24, 2.45) is 0 Å². The molecule has 3 rings (SSSR count). The zero-order valence-electron chi connectivity index (χ0n) is 14.1. The van der Waals surface area contributed by atoms with E-state index in [0.29, 0.717) is 10.7 Å². The molecule has 132 valence electrons. The fourth-order valence-corrected chi connectivity index (χ4v) is 3.26. The Labute approximate surface area is 152 Å². The lowest BCUT2D eigenvalue weighted by molar-refractivity contribution is 0.242. The standard InChI is InChI=1S/C19H22ClN3O2/c1-25-16-8-2-13(3-9-16)17-10-11-21-12-18(17)23-19(24)22-15-6-4-14(20)5-7-15/h2-9,17-18,21H,10-12H2,1H3,(H2,22,23,24)/t17-,18+/m1/s1. The molecule has 2 atom stereocenters. The molecular weight excluding hydrogens is 338 g/mol. The number of hydrogen-bond donors (Lipinski definition) is 3. The molecule has 25 heavy (non-hydrogen) atoms. The maximum atomic E-state index is 12.3. The summed E-state index contributed by atoms with van der Waals surface area (Å²) in [6.45, 7) is 1.68. The molecule has 2 amide bonds. The third-order valence-corrected chi connectivity index (χ3v) is 4.70. The number of halogens is 1. The van der Waals surface area contributed by atoms with Gasteiger partial charge in [-0.1, -0.05) is 23.7 Å². The minimum absolute atomic E-state index is 0.0226. The molecular formula is C19H22ClN3O2. The van der Waals surface area contributed by atoms with E-state index in [1.807, 2.05) is 12.1 Å². The number of ether oxygens (including phenoxy) is 1. The molecule has 0 radical (unpaired) electrons. The summed E-state index contributed by atoms with van der Waals surface area (Å²) >= 11 is 5.87. The Kier molecular flexibility index (Phi) is 5.79. The van der Waals surface area contributed by atoms with Crippen LogP contribution in [0.5, 0.6) is 5.75 Å². The van der Waals surface area contributed by atoms with Crippen LogP contribution in [0, 0.1) is 0 Å². The lowest BCUT2D eigenvalue weighted by Gasteiger charge is -2.33. The summed E-state index contributed by atoms with van der Waals surface area (Å²) in [4.78, 5) is 12.3. The molecule has 2 aromatic rings.